The van der Waals surface area contributed by atoms with Gasteiger partial charge in [-0.05, 0) is 75.4 Å². The molecule has 0 fully saturated rings. The van der Waals surface area contributed by atoms with Gasteiger partial charge in [0.15, 0.2) is 0 Å². The van der Waals surface area contributed by atoms with E-state index in [-0.39, 0.29) is 5.91 Å². The van der Waals surface area contributed by atoms with E-state index < -0.39 is 0 Å². The minimum absolute atomic E-state index is 0.00958. The van der Waals surface area contributed by atoms with Gasteiger partial charge in [0.05, 0.1) is 17.6 Å². The van der Waals surface area contributed by atoms with Crippen LogP contribution in [0, 0.1) is 20.8 Å². The zero-order valence-corrected chi connectivity index (χ0v) is 21.0. The molecule has 0 aliphatic rings. The van der Waals surface area contributed by atoms with Crippen molar-refractivity contribution in [3.8, 4) is 5.75 Å². The number of carbonyl (C=O) groups excluding carboxylic acids is 1. The largest absolute Gasteiger partial charge is 0.493 e. The third kappa shape index (κ3) is 6.30. The molecule has 1 N–H and O–H groups in total. The second kappa shape index (κ2) is 11.7. The van der Waals surface area contributed by atoms with E-state index in [1.807, 2.05) is 56.3 Å². The number of fused-ring (bicyclic) bond motifs is 1. The fraction of sp³-hybridized carbons (Fsp3) is 0.333. The Hall–Kier alpha value is -3.60. The highest BCUT2D eigenvalue weighted by molar-refractivity contribution is 5.95. The summed E-state index contributed by atoms with van der Waals surface area (Å²) in [6.07, 6.45) is 3.66. The van der Waals surface area contributed by atoms with E-state index in [4.69, 9.17) is 9.72 Å². The van der Waals surface area contributed by atoms with Crippen LogP contribution in [0.4, 0.5) is 0 Å². The first-order valence-corrected chi connectivity index (χ1v) is 12.5. The van der Waals surface area contributed by atoms with E-state index in [2.05, 4.69) is 41.1 Å². The van der Waals surface area contributed by atoms with Crippen molar-refractivity contribution in [2.45, 2.75) is 53.0 Å². The quantitative estimate of drug-likeness (QED) is 0.267. The maximum absolute atomic E-state index is 12.6. The Balaban J connectivity index is 1.30. The Labute approximate surface area is 208 Å². The van der Waals surface area contributed by atoms with Crippen LogP contribution in [0.2, 0.25) is 0 Å². The Bertz CT molecular complexity index is 1290. The number of para-hydroxylation sites is 3. The van der Waals surface area contributed by atoms with Crippen LogP contribution in [0.15, 0.2) is 66.7 Å². The van der Waals surface area contributed by atoms with Crippen molar-refractivity contribution in [2.75, 3.05) is 13.2 Å². The Morgan fingerprint density at radius 3 is 2.54 bits per heavy atom. The molecule has 0 saturated carbocycles. The maximum atomic E-state index is 12.6. The van der Waals surface area contributed by atoms with Crippen molar-refractivity contribution >= 4 is 16.9 Å². The summed E-state index contributed by atoms with van der Waals surface area (Å²) in [5.41, 5.74) is 6.28. The fourth-order valence-electron chi connectivity index (χ4n) is 4.45. The number of amides is 1. The van der Waals surface area contributed by atoms with Gasteiger partial charge in [0.2, 0.25) is 0 Å². The lowest BCUT2D eigenvalue weighted by molar-refractivity contribution is 0.0952. The summed E-state index contributed by atoms with van der Waals surface area (Å²) in [5.74, 6) is 2.03. The average molecular weight is 470 g/mol. The molecule has 35 heavy (non-hydrogen) atoms. The Morgan fingerprint density at radius 2 is 1.71 bits per heavy atom. The van der Waals surface area contributed by atoms with Gasteiger partial charge in [0, 0.05) is 25.1 Å². The van der Waals surface area contributed by atoms with Crippen LogP contribution in [0.5, 0.6) is 5.75 Å². The summed E-state index contributed by atoms with van der Waals surface area (Å²) in [6, 6.07) is 22.4. The molecule has 3 aromatic carbocycles. The van der Waals surface area contributed by atoms with Crippen LogP contribution in [-0.4, -0.2) is 28.6 Å². The number of nitrogens with one attached hydrogen (secondary N) is 1. The third-order valence-corrected chi connectivity index (χ3v) is 6.35. The second-order valence-corrected chi connectivity index (χ2v) is 9.17. The molecule has 0 radical (unpaired) electrons. The van der Waals surface area contributed by atoms with Crippen molar-refractivity contribution in [3.05, 3.63) is 94.8 Å². The molecule has 0 atom stereocenters. The smallest absolute Gasteiger partial charge is 0.251 e. The predicted octanol–water partition coefficient (Wildman–Crippen LogP) is 6.18. The average Bonchev–Trinajstić information content (AvgIpc) is 3.20. The number of aryl methyl sites for hydroxylation is 5. The van der Waals surface area contributed by atoms with Gasteiger partial charge in [0.1, 0.15) is 11.6 Å². The van der Waals surface area contributed by atoms with Crippen LogP contribution in [0.25, 0.3) is 11.0 Å². The Morgan fingerprint density at radius 1 is 0.914 bits per heavy atom. The van der Waals surface area contributed by atoms with Gasteiger partial charge in [-0.15, -0.1) is 0 Å². The van der Waals surface area contributed by atoms with Crippen molar-refractivity contribution < 1.29 is 9.53 Å². The lowest BCUT2D eigenvalue weighted by atomic mass is 10.1. The van der Waals surface area contributed by atoms with Gasteiger partial charge in [-0.25, -0.2) is 4.98 Å². The van der Waals surface area contributed by atoms with Crippen LogP contribution in [0.3, 0.4) is 0 Å². The number of ether oxygens (including phenoxy) is 1. The van der Waals surface area contributed by atoms with Gasteiger partial charge in [0.25, 0.3) is 5.91 Å². The molecular formula is C30H35N3O2. The number of aromatic nitrogens is 2. The normalized spacial score (nSPS) is 11.1. The van der Waals surface area contributed by atoms with Gasteiger partial charge < -0.3 is 14.6 Å². The molecule has 5 nitrogen and oxygen atoms in total. The molecule has 4 aromatic rings. The molecule has 0 bridgehead atoms. The summed E-state index contributed by atoms with van der Waals surface area (Å²) in [5, 5.41) is 3.07. The molecule has 0 spiro atoms. The van der Waals surface area contributed by atoms with Crippen molar-refractivity contribution in [3.63, 3.8) is 0 Å². The molecule has 0 unspecified atom stereocenters. The van der Waals surface area contributed by atoms with Gasteiger partial charge >= 0.3 is 0 Å². The molecule has 1 heterocycles. The number of unbranched alkanes of at least 4 members (excludes halogenated alkanes) is 1. The summed E-state index contributed by atoms with van der Waals surface area (Å²) in [4.78, 5) is 17.5. The molecule has 0 saturated heterocycles. The number of imidazole rings is 1. The topological polar surface area (TPSA) is 56.2 Å². The number of hydrogen-bond acceptors (Lipinski definition) is 3. The highest BCUT2D eigenvalue weighted by Gasteiger charge is 2.12. The minimum atomic E-state index is -0.00958. The standard InChI is InChI=1S/C30H35N3O2/c1-22-16-17-25(24(3)21-22)30(34)31-18-10-15-29-32-26-12-5-6-13-27(26)33(29)19-8-9-20-35-28-14-7-4-11-23(28)2/h4-7,11-14,16-17,21H,8-10,15,18-20H2,1-3H3,(H,31,34). The first kappa shape index (κ1) is 24.5. The van der Waals surface area contributed by atoms with Crippen molar-refractivity contribution in [2.24, 2.45) is 0 Å². The summed E-state index contributed by atoms with van der Waals surface area (Å²) >= 11 is 0. The van der Waals surface area contributed by atoms with Crippen LogP contribution in [-0.2, 0) is 13.0 Å². The zero-order chi connectivity index (χ0) is 24.6. The monoisotopic (exact) mass is 469 g/mol. The van der Waals surface area contributed by atoms with Crippen molar-refractivity contribution in [1.29, 1.82) is 0 Å². The molecular weight excluding hydrogens is 434 g/mol. The Kier molecular flexibility index (Phi) is 8.19. The first-order valence-electron chi connectivity index (χ1n) is 12.5. The highest BCUT2D eigenvalue weighted by Crippen LogP contribution is 2.19. The summed E-state index contributed by atoms with van der Waals surface area (Å²) < 4.78 is 8.29. The summed E-state index contributed by atoms with van der Waals surface area (Å²) in [6.45, 7) is 8.33. The SMILES string of the molecule is Cc1ccc(C(=O)NCCCc2nc3ccccc3n2CCCCOc2ccccc2C)c(C)c1. The lowest BCUT2D eigenvalue weighted by Gasteiger charge is -2.12. The van der Waals surface area contributed by atoms with E-state index in [9.17, 15) is 4.79 Å². The van der Waals surface area contributed by atoms with Gasteiger partial charge in [-0.1, -0.05) is 48.0 Å². The molecule has 5 heteroatoms. The maximum Gasteiger partial charge on any atom is 0.251 e. The van der Waals surface area contributed by atoms with Gasteiger partial charge in [-0.2, -0.15) is 0 Å². The first-order chi connectivity index (χ1) is 17.0. The number of nitrogens with zero attached hydrogens (tertiary/aromatic N) is 2. The number of rotatable bonds is 11. The molecule has 0 aliphatic heterocycles. The second-order valence-electron chi connectivity index (χ2n) is 9.17. The van der Waals surface area contributed by atoms with Crippen LogP contribution in [0.1, 0.15) is 52.1 Å². The van der Waals surface area contributed by atoms with Crippen LogP contribution >= 0.6 is 0 Å². The highest BCUT2D eigenvalue weighted by atomic mass is 16.5. The summed E-state index contributed by atoms with van der Waals surface area (Å²) in [7, 11) is 0. The minimum Gasteiger partial charge on any atom is -0.493 e. The number of hydrogen-bond donors (Lipinski definition) is 1. The molecule has 1 aromatic heterocycles. The number of carbonyl (C=O) groups is 1. The van der Waals surface area contributed by atoms with Gasteiger partial charge in [-0.3, -0.25) is 4.79 Å². The molecule has 0 aliphatic carbocycles. The van der Waals surface area contributed by atoms with E-state index in [0.717, 1.165) is 60.4 Å². The van der Waals surface area contributed by atoms with E-state index >= 15 is 0 Å². The van der Waals surface area contributed by atoms with Crippen molar-refractivity contribution in [1.82, 2.24) is 14.9 Å². The fourth-order valence-corrected chi connectivity index (χ4v) is 4.45. The van der Waals surface area contributed by atoms with E-state index in [1.165, 1.54) is 16.6 Å². The number of benzene rings is 3. The van der Waals surface area contributed by atoms with E-state index in [1.54, 1.807) is 0 Å². The van der Waals surface area contributed by atoms with E-state index in [0.29, 0.717) is 13.2 Å². The van der Waals surface area contributed by atoms with Crippen LogP contribution < -0.4 is 10.1 Å². The molecule has 182 valence electrons. The third-order valence-electron chi connectivity index (χ3n) is 6.35. The molecule has 1 amide bonds. The predicted molar refractivity (Wildman–Crippen MR) is 142 cm³/mol. The lowest BCUT2D eigenvalue weighted by Crippen LogP contribution is -2.25. The zero-order valence-electron chi connectivity index (χ0n) is 21.0. The molecule has 4 rings (SSSR count).